The van der Waals surface area contributed by atoms with Crippen LogP contribution < -0.4 is 25.8 Å². The molecule has 0 bridgehead atoms. The van der Waals surface area contributed by atoms with Gasteiger partial charge in [0.15, 0.2) is 5.75 Å². The summed E-state index contributed by atoms with van der Waals surface area (Å²) in [4.78, 5) is 14.5. The summed E-state index contributed by atoms with van der Waals surface area (Å²) in [5.41, 5.74) is 14.6. The number of hydrogen-bond donors (Lipinski definition) is 2. The number of fused-ring (bicyclic) bond motifs is 2. The van der Waals surface area contributed by atoms with Crippen LogP contribution in [0, 0.1) is 10.1 Å². The SMILES string of the molecule is CC1c2ccc(OCCCN)cc2N(C)C12CCc1cc([N+](=O)[O-])c(OCCCN)cc1S2. The van der Waals surface area contributed by atoms with Crippen LogP contribution in [0.3, 0.4) is 0 Å². The minimum Gasteiger partial charge on any atom is -0.493 e. The van der Waals surface area contributed by atoms with Gasteiger partial charge in [0.25, 0.3) is 0 Å². The Morgan fingerprint density at radius 1 is 1.18 bits per heavy atom. The van der Waals surface area contributed by atoms with Crippen LogP contribution in [0.25, 0.3) is 0 Å². The van der Waals surface area contributed by atoms with Crippen molar-refractivity contribution in [2.24, 2.45) is 11.5 Å². The van der Waals surface area contributed by atoms with Gasteiger partial charge >= 0.3 is 5.69 Å². The standard InChI is InChI=1S/C24H32N4O4S/c1-16-19-6-5-18(31-11-3-9-25)14-20(19)27(2)24(16)8-7-17-13-21(28(29)30)22(15-23(17)33-24)32-12-4-10-26/h5-6,13-16H,3-4,7-12,25-26H2,1-2H3. The molecule has 2 aliphatic heterocycles. The fourth-order valence-electron chi connectivity index (χ4n) is 4.78. The number of nitro benzene ring substituents is 1. The molecule has 4 rings (SSSR count). The van der Waals surface area contributed by atoms with E-state index in [0.29, 0.717) is 38.5 Å². The number of benzene rings is 2. The second kappa shape index (κ2) is 9.79. The Bertz CT molecular complexity index is 1030. The zero-order valence-electron chi connectivity index (χ0n) is 19.2. The van der Waals surface area contributed by atoms with Gasteiger partial charge in [-0.05, 0) is 56.0 Å². The summed E-state index contributed by atoms with van der Waals surface area (Å²) >= 11 is 1.78. The first-order valence-electron chi connectivity index (χ1n) is 11.4. The third-order valence-corrected chi connectivity index (χ3v) is 8.46. The molecule has 0 aliphatic carbocycles. The summed E-state index contributed by atoms with van der Waals surface area (Å²) in [6, 6.07) is 9.84. The van der Waals surface area contributed by atoms with Crippen LogP contribution >= 0.6 is 11.8 Å². The lowest BCUT2D eigenvalue weighted by molar-refractivity contribution is -0.386. The lowest BCUT2D eigenvalue weighted by Gasteiger charge is -2.43. The highest BCUT2D eigenvalue weighted by Gasteiger charge is 2.50. The molecule has 0 saturated carbocycles. The molecule has 4 N–H and O–H groups in total. The summed E-state index contributed by atoms with van der Waals surface area (Å²) in [6.45, 7) is 4.32. The predicted octanol–water partition coefficient (Wildman–Crippen LogP) is 4.04. The molecule has 0 saturated heterocycles. The second-order valence-corrected chi connectivity index (χ2v) is 9.97. The molecule has 2 aliphatic rings. The van der Waals surface area contributed by atoms with Crippen LogP contribution in [-0.4, -0.2) is 43.1 Å². The van der Waals surface area contributed by atoms with Crippen molar-refractivity contribution in [1.29, 1.82) is 0 Å². The van der Waals surface area contributed by atoms with Gasteiger partial charge in [0.1, 0.15) is 5.75 Å². The molecule has 8 nitrogen and oxygen atoms in total. The lowest BCUT2D eigenvalue weighted by atomic mass is 9.91. The van der Waals surface area contributed by atoms with E-state index in [1.54, 1.807) is 17.8 Å². The Balaban J connectivity index is 1.63. The third kappa shape index (κ3) is 4.37. The van der Waals surface area contributed by atoms with E-state index in [2.05, 4.69) is 31.0 Å². The number of nitrogens with zero attached hydrogens (tertiary/aromatic N) is 2. The van der Waals surface area contributed by atoms with Gasteiger partial charge in [0.05, 0.1) is 23.0 Å². The van der Waals surface area contributed by atoms with Crippen molar-refractivity contribution in [1.82, 2.24) is 0 Å². The maximum Gasteiger partial charge on any atom is 0.311 e. The number of aryl methyl sites for hydroxylation is 1. The molecular formula is C24H32N4O4S. The van der Waals surface area contributed by atoms with E-state index in [0.717, 1.165) is 35.5 Å². The number of nitro groups is 1. The van der Waals surface area contributed by atoms with Gasteiger partial charge in [-0.15, -0.1) is 0 Å². The molecule has 2 atom stereocenters. The van der Waals surface area contributed by atoms with Crippen LogP contribution in [0.5, 0.6) is 11.5 Å². The van der Waals surface area contributed by atoms with Gasteiger partial charge in [-0.2, -0.15) is 0 Å². The zero-order valence-corrected chi connectivity index (χ0v) is 20.0. The zero-order chi connectivity index (χ0) is 23.6. The largest absolute Gasteiger partial charge is 0.493 e. The number of likely N-dealkylation sites (N-methyl/N-ethyl adjacent to an activating group) is 1. The van der Waals surface area contributed by atoms with Gasteiger partial charge in [0.2, 0.25) is 0 Å². The van der Waals surface area contributed by atoms with Crippen molar-refractivity contribution >= 4 is 23.1 Å². The summed E-state index contributed by atoms with van der Waals surface area (Å²) in [6.07, 6.45) is 3.14. The topological polar surface area (TPSA) is 117 Å². The Morgan fingerprint density at radius 3 is 2.61 bits per heavy atom. The number of hydrogen-bond acceptors (Lipinski definition) is 8. The molecule has 0 aromatic heterocycles. The van der Waals surface area contributed by atoms with Gasteiger partial charge in [-0.25, -0.2) is 0 Å². The van der Waals surface area contributed by atoms with Crippen molar-refractivity contribution in [2.75, 3.05) is 38.3 Å². The Hall–Kier alpha value is -2.49. The van der Waals surface area contributed by atoms with E-state index in [1.165, 1.54) is 11.3 Å². The molecule has 9 heteroatoms. The molecule has 178 valence electrons. The smallest absolute Gasteiger partial charge is 0.311 e. The normalized spacial score (nSPS) is 21.1. The Morgan fingerprint density at radius 2 is 1.91 bits per heavy atom. The number of thioether (sulfide) groups is 1. The van der Waals surface area contributed by atoms with Crippen LogP contribution in [0.2, 0.25) is 0 Å². The number of rotatable bonds is 9. The molecule has 2 heterocycles. The highest BCUT2D eigenvalue weighted by Crippen LogP contribution is 2.60. The number of anilines is 1. The first-order chi connectivity index (χ1) is 15.9. The van der Waals surface area contributed by atoms with Crippen LogP contribution in [0.15, 0.2) is 35.2 Å². The molecule has 1 spiro atoms. The van der Waals surface area contributed by atoms with Gasteiger partial charge in [-0.1, -0.05) is 24.8 Å². The van der Waals surface area contributed by atoms with E-state index in [1.807, 2.05) is 12.1 Å². The predicted molar refractivity (Wildman–Crippen MR) is 132 cm³/mol. The highest BCUT2D eigenvalue weighted by molar-refractivity contribution is 8.01. The van der Waals surface area contributed by atoms with Gasteiger partial charge in [-0.3, -0.25) is 10.1 Å². The molecule has 2 aromatic rings. The highest BCUT2D eigenvalue weighted by atomic mass is 32.2. The molecular weight excluding hydrogens is 440 g/mol. The van der Waals surface area contributed by atoms with Crippen LogP contribution in [-0.2, 0) is 6.42 Å². The monoisotopic (exact) mass is 472 g/mol. The molecule has 0 fully saturated rings. The molecule has 0 amide bonds. The first kappa shape index (κ1) is 23.7. The van der Waals surface area contributed by atoms with Gasteiger partial charge < -0.3 is 25.8 Å². The summed E-state index contributed by atoms with van der Waals surface area (Å²) in [5.74, 6) is 1.45. The van der Waals surface area contributed by atoms with Crippen molar-refractivity contribution in [3.05, 3.63) is 51.6 Å². The second-order valence-electron chi connectivity index (χ2n) is 8.61. The molecule has 2 unspecified atom stereocenters. The number of nitrogens with two attached hydrogens (primary N) is 2. The summed E-state index contributed by atoms with van der Waals surface area (Å²) < 4.78 is 11.6. The Labute approximate surface area is 198 Å². The van der Waals surface area contributed by atoms with Crippen molar-refractivity contribution in [3.63, 3.8) is 0 Å². The average Bonchev–Trinajstić information content (AvgIpc) is 3.00. The summed E-state index contributed by atoms with van der Waals surface area (Å²) in [5, 5.41) is 11.6. The fraction of sp³-hybridized carbons (Fsp3) is 0.500. The van der Waals surface area contributed by atoms with E-state index in [-0.39, 0.29) is 21.4 Å². The lowest BCUT2D eigenvalue weighted by Crippen LogP contribution is -2.45. The van der Waals surface area contributed by atoms with E-state index >= 15 is 0 Å². The van der Waals surface area contributed by atoms with Crippen molar-refractivity contribution in [3.8, 4) is 11.5 Å². The molecule has 33 heavy (non-hydrogen) atoms. The van der Waals surface area contributed by atoms with Crippen molar-refractivity contribution < 1.29 is 14.4 Å². The Kier molecular flexibility index (Phi) is 7.02. The third-order valence-electron chi connectivity index (χ3n) is 6.68. The van der Waals surface area contributed by atoms with Crippen LogP contribution in [0.1, 0.15) is 43.2 Å². The van der Waals surface area contributed by atoms with E-state index in [4.69, 9.17) is 20.9 Å². The fourth-order valence-corrected chi connectivity index (χ4v) is 6.37. The quantitative estimate of drug-likeness (QED) is 0.319. The minimum atomic E-state index is -0.362. The number of ether oxygens (including phenoxy) is 2. The maximum atomic E-state index is 11.6. The molecule has 2 aromatic carbocycles. The van der Waals surface area contributed by atoms with E-state index in [9.17, 15) is 10.1 Å². The van der Waals surface area contributed by atoms with Gasteiger partial charge in [0, 0.05) is 41.7 Å². The van der Waals surface area contributed by atoms with Crippen molar-refractivity contribution in [2.45, 2.75) is 48.3 Å². The van der Waals surface area contributed by atoms with E-state index < -0.39 is 0 Å². The average molecular weight is 473 g/mol. The van der Waals surface area contributed by atoms with Crippen LogP contribution in [0.4, 0.5) is 11.4 Å². The minimum absolute atomic E-state index is 0.0257. The maximum absolute atomic E-state index is 11.6. The summed E-state index contributed by atoms with van der Waals surface area (Å²) in [7, 11) is 2.13. The first-order valence-corrected chi connectivity index (χ1v) is 12.3. The molecule has 0 radical (unpaired) electrons.